The van der Waals surface area contributed by atoms with Crippen LogP contribution in [0.15, 0.2) is 53.6 Å². The van der Waals surface area contributed by atoms with Crippen LogP contribution in [0, 0.1) is 17.2 Å². The molecule has 38 heavy (non-hydrogen) atoms. The van der Waals surface area contributed by atoms with Gasteiger partial charge in [0.15, 0.2) is 5.03 Å². The third kappa shape index (κ3) is 8.14. The maximum atomic E-state index is 14.4. The van der Waals surface area contributed by atoms with Gasteiger partial charge >= 0.3 is 0 Å². The van der Waals surface area contributed by atoms with E-state index < -0.39 is 26.8 Å². The summed E-state index contributed by atoms with van der Waals surface area (Å²) >= 11 is 0. The molecule has 0 atom stereocenters. The number of halogens is 1. The number of benzene rings is 1. The second kappa shape index (κ2) is 11.8. The molecule has 1 aromatic carbocycles. The zero-order valence-electron chi connectivity index (χ0n) is 22.1. The van der Waals surface area contributed by atoms with Gasteiger partial charge in [0, 0.05) is 11.6 Å². The average molecular weight is 545 g/mol. The molecule has 0 bridgehead atoms. The molecule has 0 aliphatic heterocycles. The summed E-state index contributed by atoms with van der Waals surface area (Å²) in [7, 11) is -4.32. The van der Waals surface area contributed by atoms with Crippen LogP contribution in [0.2, 0.25) is 0 Å². The number of hydrogen-bond acceptors (Lipinski definition) is 8. The van der Waals surface area contributed by atoms with E-state index in [4.69, 9.17) is 15.2 Å². The number of amides is 1. The molecule has 0 aliphatic carbocycles. The Balaban J connectivity index is 1.96. The number of aromatic nitrogens is 2. The fraction of sp³-hybridized carbons (Fsp3) is 0.370. The molecular weight excluding hydrogens is 511 g/mol. The second-order valence-corrected chi connectivity index (χ2v) is 12.1. The molecule has 0 radical (unpaired) electrons. The Labute approximate surface area is 222 Å². The summed E-state index contributed by atoms with van der Waals surface area (Å²) in [6, 6.07) is 11.1. The summed E-state index contributed by atoms with van der Waals surface area (Å²) < 4.78 is 53.3. The van der Waals surface area contributed by atoms with Gasteiger partial charge in [0.25, 0.3) is 15.9 Å². The van der Waals surface area contributed by atoms with Crippen molar-refractivity contribution in [3.05, 3.63) is 59.9 Å². The fourth-order valence-electron chi connectivity index (χ4n) is 3.20. The zero-order valence-corrected chi connectivity index (χ0v) is 22.9. The van der Waals surface area contributed by atoms with Crippen LogP contribution in [-0.4, -0.2) is 37.5 Å². The van der Waals surface area contributed by atoms with Crippen LogP contribution < -0.4 is 19.9 Å². The summed E-state index contributed by atoms with van der Waals surface area (Å²) in [5.41, 5.74) is 6.14. The number of sulfonamides is 1. The van der Waals surface area contributed by atoms with Crippen molar-refractivity contribution < 1.29 is 27.1 Å². The molecule has 11 heteroatoms. The molecule has 3 N–H and O–H groups in total. The van der Waals surface area contributed by atoms with Gasteiger partial charge in [0.1, 0.15) is 22.9 Å². The monoisotopic (exact) mass is 544 g/mol. The third-order valence-corrected chi connectivity index (χ3v) is 6.43. The lowest BCUT2D eigenvalue weighted by atomic mass is 9.93. The number of pyridine rings is 2. The Morgan fingerprint density at radius 1 is 1.08 bits per heavy atom. The van der Waals surface area contributed by atoms with Crippen molar-refractivity contribution in [1.29, 1.82) is 0 Å². The molecule has 0 fully saturated rings. The van der Waals surface area contributed by atoms with Gasteiger partial charge in [-0.25, -0.2) is 19.1 Å². The minimum atomic E-state index is -4.32. The van der Waals surface area contributed by atoms with E-state index in [-0.39, 0.29) is 35.2 Å². The SMILES string of the molecule is CC(C)COc1cc(F)cc(-c2ccc(C(=O)NS(=O)(=O)c3cccc(N)n3)c(OCCC(C)(C)C)n2)c1. The van der Waals surface area contributed by atoms with Crippen LogP contribution >= 0.6 is 0 Å². The van der Waals surface area contributed by atoms with Gasteiger partial charge in [-0.15, -0.1) is 0 Å². The van der Waals surface area contributed by atoms with Crippen molar-refractivity contribution in [3.8, 4) is 22.9 Å². The highest BCUT2D eigenvalue weighted by atomic mass is 32.2. The Kier molecular flexibility index (Phi) is 8.93. The number of nitrogens with one attached hydrogen (secondary N) is 1. The van der Waals surface area contributed by atoms with Crippen molar-refractivity contribution in [3.63, 3.8) is 0 Å². The molecule has 0 spiro atoms. The van der Waals surface area contributed by atoms with Gasteiger partial charge in [0.2, 0.25) is 5.88 Å². The number of nitrogens with zero attached hydrogens (tertiary/aromatic N) is 2. The number of nitrogen functional groups attached to an aromatic ring is 1. The molecule has 3 aromatic rings. The van der Waals surface area contributed by atoms with E-state index >= 15 is 0 Å². The lowest BCUT2D eigenvalue weighted by Gasteiger charge is -2.19. The number of hydrogen-bond donors (Lipinski definition) is 2. The van der Waals surface area contributed by atoms with Gasteiger partial charge in [-0.1, -0.05) is 40.7 Å². The summed E-state index contributed by atoms with van der Waals surface area (Å²) in [5.74, 6) is -0.981. The fourth-order valence-corrected chi connectivity index (χ4v) is 4.15. The normalized spacial score (nSPS) is 11.9. The first-order valence-corrected chi connectivity index (χ1v) is 13.6. The highest BCUT2D eigenvalue weighted by Gasteiger charge is 2.24. The first kappa shape index (κ1) is 28.8. The molecule has 2 aromatic heterocycles. The number of carbonyl (C=O) groups is 1. The van der Waals surface area contributed by atoms with Crippen molar-refractivity contribution in [2.75, 3.05) is 18.9 Å². The van der Waals surface area contributed by atoms with Gasteiger partial charge in [-0.2, -0.15) is 8.42 Å². The number of rotatable bonds is 10. The molecule has 1 amide bonds. The predicted molar refractivity (Wildman–Crippen MR) is 143 cm³/mol. The number of carbonyl (C=O) groups excluding carboxylic acids is 1. The molecule has 0 aliphatic rings. The Morgan fingerprint density at radius 3 is 2.47 bits per heavy atom. The van der Waals surface area contributed by atoms with E-state index in [1.807, 2.05) is 39.3 Å². The Hall–Kier alpha value is -3.73. The smallest absolute Gasteiger partial charge is 0.281 e. The van der Waals surface area contributed by atoms with E-state index in [1.165, 1.54) is 42.5 Å². The summed E-state index contributed by atoms with van der Waals surface area (Å²) in [4.78, 5) is 21.3. The van der Waals surface area contributed by atoms with Crippen LogP contribution in [-0.2, 0) is 10.0 Å². The van der Waals surface area contributed by atoms with Crippen LogP contribution in [0.25, 0.3) is 11.3 Å². The van der Waals surface area contributed by atoms with Gasteiger partial charge in [0.05, 0.1) is 18.9 Å². The lowest BCUT2D eigenvalue weighted by molar-refractivity contribution is 0.0975. The van der Waals surface area contributed by atoms with E-state index in [0.29, 0.717) is 30.0 Å². The number of ether oxygens (including phenoxy) is 2. The van der Waals surface area contributed by atoms with Crippen LogP contribution in [0.1, 0.15) is 51.4 Å². The lowest BCUT2D eigenvalue weighted by Crippen LogP contribution is -2.32. The molecule has 0 saturated carbocycles. The number of anilines is 1. The van der Waals surface area contributed by atoms with Gasteiger partial charge in [-0.05, 0) is 54.2 Å². The minimum absolute atomic E-state index is 0.00983. The highest BCUT2D eigenvalue weighted by Crippen LogP contribution is 2.29. The zero-order chi connectivity index (χ0) is 28.1. The Morgan fingerprint density at radius 2 is 1.82 bits per heavy atom. The maximum absolute atomic E-state index is 14.4. The van der Waals surface area contributed by atoms with Crippen LogP contribution in [0.5, 0.6) is 11.6 Å². The topological polar surface area (TPSA) is 134 Å². The molecule has 2 heterocycles. The largest absolute Gasteiger partial charge is 0.493 e. The highest BCUT2D eigenvalue weighted by molar-refractivity contribution is 7.90. The number of nitrogens with two attached hydrogens (primary N) is 1. The van der Waals surface area contributed by atoms with Gasteiger partial charge in [-0.3, -0.25) is 4.79 Å². The van der Waals surface area contributed by atoms with Crippen LogP contribution in [0.4, 0.5) is 10.2 Å². The Bertz CT molecular complexity index is 1400. The maximum Gasteiger partial charge on any atom is 0.281 e. The minimum Gasteiger partial charge on any atom is -0.493 e. The summed E-state index contributed by atoms with van der Waals surface area (Å²) in [6.07, 6.45) is 0.638. The van der Waals surface area contributed by atoms with E-state index in [1.54, 1.807) is 6.07 Å². The van der Waals surface area contributed by atoms with E-state index in [2.05, 4.69) is 9.97 Å². The first-order valence-electron chi connectivity index (χ1n) is 12.1. The van der Waals surface area contributed by atoms with Crippen molar-refractivity contribution in [2.24, 2.45) is 11.3 Å². The molecule has 204 valence electrons. The van der Waals surface area contributed by atoms with Crippen molar-refractivity contribution >= 4 is 21.7 Å². The molecule has 3 rings (SSSR count). The van der Waals surface area contributed by atoms with E-state index in [9.17, 15) is 17.6 Å². The average Bonchev–Trinajstić information content (AvgIpc) is 2.81. The predicted octanol–water partition coefficient (Wildman–Crippen LogP) is 4.83. The van der Waals surface area contributed by atoms with E-state index in [0.717, 1.165) is 0 Å². The van der Waals surface area contributed by atoms with Crippen LogP contribution in [0.3, 0.4) is 0 Å². The molecule has 0 unspecified atom stereocenters. The first-order chi connectivity index (χ1) is 17.7. The third-order valence-electron chi connectivity index (χ3n) is 5.19. The summed E-state index contributed by atoms with van der Waals surface area (Å²) in [5, 5.41) is -0.403. The van der Waals surface area contributed by atoms with Gasteiger partial charge < -0.3 is 15.2 Å². The van der Waals surface area contributed by atoms with Crippen molar-refractivity contribution in [2.45, 2.75) is 46.1 Å². The molecular formula is C27H33FN4O5S. The molecule has 9 nitrogen and oxygen atoms in total. The quantitative estimate of drug-likeness (QED) is 0.371. The second-order valence-electron chi connectivity index (χ2n) is 10.4. The standard InChI is InChI=1S/C27H33FN4O5S/c1-17(2)16-37-20-14-18(13-19(28)15-20)22-10-9-21(26(30-22)36-12-11-27(3,4)5)25(33)32-38(34,35)24-8-6-7-23(29)31-24/h6-10,13-15,17H,11-12,16H2,1-5H3,(H2,29,31)(H,32,33). The van der Waals surface area contributed by atoms with Crippen molar-refractivity contribution in [1.82, 2.24) is 14.7 Å². The molecule has 0 saturated heterocycles. The summed E-state index contributed by atoms with van der Waals surface area (Å²) in [6.45, 7) is 10.7.